The van der Waals surface area contributed by atoms with Crippen molar-refractivity contribution >= 4 is 27.8 Å². The molecule has 0 aromatic heterocycles. The van der Waals surface area contributed by atoms with E-state index in [4.69, 9.17) is 4.74 Å². The molecule has 1 fully saturated rings. The van der Waals surface area contributed by atoms with Gasteiger partial charge in [-0.05, 0) is 38.0 Å². The number of halogens is 2. The molecule has 1 atom stereocenters. The van der Waals surface area contributed by atoms with E-state index in [-0.39, 0.29) is 17.5 Å². The summed E-state index contributed by atoms with van der Waals surface area (Å²) in [5.74, 6) is -1.85. The van der Waals surface area contributed by atoms with Gasteiger partial charge in [-0.3, -0.25) is 4.79 Å². The summed E-state index contributed by atoms with van der Waals surface area (Å²) in [5, 5.41) is 2.88. The number of hydrogen-bond donors (Lipinski definition) is 1. The molecule has 1 amide bonds. The standard InChI is InChI=1S/C16H19BrFNO3/c1-10(15(20)19-12-5-3-2-4-6-12)22-16(21)13-8-7-11(17)9-14(13)18/h7-10,12H,2-6H2,1H3,(H,19,20)/t10-/m1/s1. The second-order valence-corrected chi connectivity index (χ2v) is 6.43. The number of amides is 1. The van der Waals surface area contributed by atoms with Crippen LogP contribution in [0.1, 0.15) is 49.4 Å². The van der Waals surface area contributed by atoms with Crippen LogP contribution in [-0.2, 0) is 9.53 Å². The summed E-state index contributed by atoms with van der Waals surface area (Å²) in [5.41, 5.74) is -0.180. The average molecular weight is 372 g/mol. The van der Waals surface area contributed by atoms with Gasteiger partial charge in [-0.1, -0.05) is 35.2 Å². The van der Waals surface area contributed by atoms with Crippen molar-refractivity contribution in [3.8, 4) is 0 Å². The zero-order valence-corrected chi connectivity index (χ0v) is 14.0. The number of ether oxygens (including phenoxy) is 1. The van der Waals surface area contributed by atoms with Crippen molar-refractivity contribution in [3.05, 3.63) is 34.1 Å². The highest BCUT2D eigenvalue weighted by Crippen LogP contribution is 2.18. The van der Waals surface area contributed by atoms with Crippen LogP contribution in [0, 0.1) is 5.82 Å². The maximum Gasteiger partial charge on any atom is 0.341 e. The molecule has 0 bridgehead atoms. The molecule has 4 nitrogen and oxygen atoms in total. The smallest absolute Gasteiger partial charge is 0.341 e. The molecule has 1 aliphatic carbocycles. The summed E-state index contributed by atoms with van der Waals surface area (Å²) >= 11 is 3.12. The van der Waals surface area contributed by atoms with Crippen LogP contribution in [0.3, 0.4) is 0 Å². The molecule has 1 aromatic rings. The number of esters is 1. The molecule has 1 N–H and O–H groups in total. The Hall–Kier alpha value is -1.43. The Morgan fingerprint density at radius 1 is 1.32 bits per heavy atom. The molecular weight excluding hydrogens is 353 g/mol. The maximum atomic E-state index is 13.7. The summed E-state index contributed by atoms with van der Waals surface area (Å²) in [4.78, 5) is 24.0. The molecule has 0 saturated heterocycles. The van der Waals surface area contributed by atoms with Crippen molar-refractivity contribution in [1.29, 1.82) is 0 Å². The predicted molar refractivity (Wildman–Crippen MR) is 84.0 cm³/mol. The van der Waals surface area contributed by atoms with Crippen molar-refractivity contribution < 1.29 is 18.7 Å². The normalized spacial score (nSPS) is 16.9. The molecule has 22 heavy (non-hydrogen) atoms. The molecule has 1 aromatic carbocycles. The first kappa shape index (κ1) is 16.9. The molecule has 1 aliphatic rings. The van der Waals surface area contributed by atoms with Crippen LogP contribution in [0.2, 0.25) is 0 Å². The number of benzene rings is 1. The summed E-state index contributed by atoms with van der Waals surface area (Å²) < 4.78 is 19.3. The summed E-state index contributed by atoms with van der Waals surface area (Å²) in [7, 11) is 0. The van der Waals surface area contributed by atoms with Gasteiger partial charge in [0.05, 0.1) is 5.56 Å². The lowest BCUT2D eigenvalue weighted by Crippen LogP contribution is -2.42. The van der Waals surface area contributed by atoms with Gasteiger partial charge < -0.3 is 10.1 Å². The quantitative estimate of drug-likeness (QED) is 0.822. The highest BCUT2D eigenvalue weighted by atomic mass is 79.9. The molecule has 1 saturated carbocycles. The lowest BCUT2D eigenvalue weighted by Gasteiger charge is -2.24. The van der Waals surface area contributed by atoms with Crippen LogP contribution in [0.15, 0.2) is 22.7 Å². The third kappa shape index (κ3) is 4.53. The molecule has 6 heteroatoms. The van der Waals surface area contributed by atoms with E-state index in [0.717, 1.165) is 25.7 Å². The van der Waals surface area contributed by atoms with Crippen LogP contribution in [0.4, 0.5) is 4.39 Å². The van der Waals surface area contributed by atoms with E-state index in [1.165, 1.54) is 25.5 Å². The average Bonchev–Trinajstić information content (AvgIpc) is 2.47. The second-order valence-electron chi connectivity index (χ2n) is 5.52. The fraction of sp³-hybridized carbons (Fsp3) is 0.500. The first-order valence-corrected chi connectivity index (χ1v) is 8.23. The molecule has 2 rings (SSSR count). The monoisotopic (exact) mass is 371 g/mol. The van der Waals surface area contributed by atoms with Gasteiger partial charge >= 0.3 is 5.97 Å². The fourth-order valence-electron chi connectivity index (χ4n) is 2.50. The lowest BCUT2D eigenvalue weighted by atomic mass is 9.95. The molecule has 0 unspecified atom stereocenters. The Kier molecular flexibility index (Phi) is 5.94. The van der Waals surface area contributed by atoms with E-state index in [1.54, 1.807) is 6.07 Å². The van der Waals surface area contributed by atoms with E-state index in [9.17, 15) is 14.0 Å². The second kappa shape index (κ2) is 7.72. The maximum absolute atomic E-state index is 13.7. The van der Waals surface area contributed by atoms with Crippen LogP contribution < -0.4 is 5.32 Å². The van der Waals surface area contributed by atoms with Gasteiger partial charge in [0.2, 0.25) is 0 Å². The Labute approximate surface area is 137 Å². The minimum Gasteiger partial charge on any atom is -0.449 e. The fourth-order valence-corrected chi connectivity index (χ4v) is 2.83. The van der Waals surface area contributed by atoms with Gasteiger partial charge in [-0.15, -0.1) is 0 Å². The van der Waals surface area contributed by atoms with E-state index in [2.05, 4.69) is 21.2 Å². The SMILES string of the molecule is C[C@@H](OC(=O)c1ccc(Br)cc1F)C(=O)NC1CCCCC1. The Balaban J connectivity index is 1.91. The highest BCUT2D eigenvalue weighted by molar-refractivity contribution is 9.10. The van der Waals surface area contributed by atoms with E-state index in [0.29, 0.717) is 4.47 Å². The summed E-state index contributed by atoms with van der Waals surface area (Å²) in [6, 6.07) is 4.20. The molecule has 120 valence electrons. The van der Waals surface area contributed by atoms with Crippen molar-refractivity contribution in [2.24, 2.45) is 0 Å². The number of hydrogen-bond acceptors (Lipinski definition) is 3. The van der Waals surface area contributed by atoms with Gasteiger partial charge in [0.1, 0.15) is 5.82 Å². The summed E-state index contributed by atoms with van der Waals surface area (Å²) in [6.45, 7) is 1.49. The van der Waals surface area contributed by atoms with Crippen molar-refractivity contribution in [3.63, 3.8) is 0 Å². The van der Waals surface area contributed by atoms with Gasteiger partial charge in [0, 0.05) is 10.5 Å². The van der Waals surface area contributed by atoms with Crippen LogP contribution in [0.5, 0.6) is 0 Å². The first-order chi connectivity index (χ1) is 10.5. The number of nitrogens with one attached hydrogen (secondary N) is 1. The minimum absolute atomic E-state index is 0.145. The van der Waals surface area contributed by atoms with Crippen LogP contribution in [-0.4, -0.2) is 24.0 Å². The Bertz CT molecular complexity index is 558. The Morgan fingerprint density at radius 2 is 2.00 bits per heavy atom. The van der Waals surface area contributed by atoms with Crippen molar-refractivity contribution in [2.75, 3.05) is 0 Å². The third-order valence-electron chi connectivity index (χ3n) is 3.76. The largest absolute Gasteiger partial charge is 0.449 e. The van der Waals surface area contributed by atoms with Gasteiger partial charge in [0.25, 0.3) is 5.91 Å². The highest BCUT2D eigenvalue weighted by Gasteiger charge is 2.24. The number of rotatable bonds is 4. The zero-order valence-electron chi connectivity index (χ0n) is 12.4. The molecule has 0 radical (unpaired) electrons. The molecule has 0 aliphatic heterocycles. The van der Waals surface area contributed by atoms with Gasteiger partial charge in [-0.2, -0.15) is 0 Å². The topological polar surface area (TPSA) is 55.4 Å². The first-order valence-electron chi connectivity index (χ1n) is 7.44. The zero-order chi connectivity index (χ0) is 16.1. The number of carbonyl (C=O) groups excluding carboxylic acids is 2. The van der Waals surface area contributed by atoms with E-state index >= 15 is 0 Å². The van der Waals surface area contributed by atoms with Crippen LogP contribution >= 0.6 is 15.9 Å². The minimum atomic E-state index is -0.947. The van der Waals surface area contributed by atoms with E-state index in [1.807, 2.05) is 0 Å². The number of carbonyl (C=O) groups is 2. The molecular formula is C16H19BrFNO3. The van der Waals surface area contributed by atoms with Gasteiger partial charge in [-0.25, -0.2) is 9.18 Å². The molecule has 0 heterocycles. The summed E-state index contributed by atoms with van der Waals surface area (Å²) in [6.07, 6.45) is 4.35. The van der Waals surface area contributed by atoms with E-state index < -0.39 is 17.9 Å². The molecule has 0 spiro atoms. The van der Waals surface area contributed by atoms with Crippen LogP contribution in [0.25, 0.3) is 0 Å². The van der Waals surface area contributed by atoms with Crippen molar-refractivity contribution in [2.45, 2.75) is 51.2 Å². The Morgan fingerprint density at radius 3 is 2.64 bits per heavy atom. The predicted octanol–water partition coefficient (Wildman–Crippen LogP) is 3.58. The van der Waals surface area contributed by atoms with Crippen molar-refractivity contribution in [1.82, 2.24) is 5.32 Å². The lowest BCUT2D eigenvalue weighted by molar-refractivity contribution is -0.130. The van der Waals surface area contributed by atoms with Gasteiger partial charge in [0.15, 0.2) is 6.10 Å². The third-order valence-corrected chi connectivity index (χ3v) is 4.25.